The maximum atomic E-state index is 12.4. The van der Waals surface area contributed by atoms with Crippen LogP contribution in [0.4, 0.5) is 16.2 Å². The van der Waals surface area contributed by atoms with Crippen LogP contribution >= 0.6 is 12.4 Å². The summed E-state index contributed by atoms with van der Waals surface area (Å²) in [5, 5.41) is 8.88. The minimum absolute atomic E-state index is 0. The first kappa shape index (κ1) is 18.5. The number of benzene rings is 1. The molecule has 1 aromatic rings. The highest BCUT2D eigenvalue weighted by Crippen LogP contribution is 2.21. The van der Waals surface area contributed by atoms with Gasteiger partial charge in [0.2, 0.25) is 5.91 Å². The predicted molar refractivity (Wildman–Crippen MR) is 94.9 cm³/mol. The molecular weight excluding hydrogens is 332 g/mol. The normalized spacial score (nSPS) is 23.9. The van der Waals surface area contributed by atoms with Crippen molar-refractivity contribution in [2.75, 3.05) is 36.5 Å². The Balaban J connectivity index is 0.00000208. The van der Waals surface area contributed by atoms with Crippen LogP contribution in [0.25, 0.3) is 0 Å². The predicted octanol–water partition coefficient (Wildman–Crippen LogP) is 1.34. The summed E-state index contributed by atoms with van der Waals surface area (Å²) in [6.45, 7) is 4.54. The number of amides is 3. The molecule has 2 saturated heterocycles. The van der Waals surface area contributed by atoms with Crippen LogP contribution in [0.3, 0.4) is 0 Å². The summed E-state index contributed by atoms with van der Waals surface area (Å²) in [5.74, 6) is -0.127. The Hall–Kier alpha value is -1.83. The molecule has 3 amide bonds. The van der Waals surface area contributed by atoms with E-state index in [1.54, 1.807) is 4.90 Å². The molecule has 0 saturated carbocycles. The van der Waals surface area contributed by atoms with Crippen LogP contribution in [0.1, 0.15) is 13.3 Å². The van der Waals surface area contributed by atoms with Crippen molar-refractivity contribution in [3.05, 3.63) is 24.3 Å². The smallest absolute Gasteiger partial charge is 0.321 e. The Morgan fingerprint density at radius 1 is 1.38 bits per heavy atom. The number of nitrogens with one attached hydrogen (secondary N) is 3. The van der Waals surface area contributed by atoms with Gasteiger partial charge in [0, 0.05) is 31.0 Å². The maximum absolute atomic E-state index is 12.4. The van der Waals surface area contributed by atoms with Crippen molar-refractivity contribution in [1.82, 2.24) is 10.6 Å². The van der Waals surface area contributed by atoms with Gasteiger partial charge < -0.3 is 20.7 Å². The highest BCUT2D eigenvalue weighted by Gasteiger charge is 2.28. The molecule has 2 aliphatic heterocycles. The molecule has 7 nitrogen and oxygen atoms in total. The topological polar surface area (TPSA) is 82.7 Å². The monoisotopic (exact) mass is 354 g/mol. The van der Waals surface area contributed by atoms with E-state index < -0.39 is 0 Å². The van der Waals surface area contributed by atoms with Gasteiger partial charge in [0.25, 0.3) is 0 Å². The molecule has 0 unspecified atom stereocenters. The number of urea groups is 1. The molecular formula is C16H23ClN4O3. The van der Waals surface area contributed by atoms with Crippen molar-refractivity contribution >= 4 is 35.7 Å². The lowest BCUT2D eigenvalue weighted by Gasteiger charge is -2.30. The first-order valence-corrected chi connectivity index (χ1v) is 7.96. The van der Waals surface area contributed by atoms with E-state index in [-0.39, 0.29) is 36.5 Å². The largest absolute Gasteiger partial charge is 0.375 e. The van der Waals surface area contributed by atoms with E-state index in [4.69, 9.17) is 4.74 Å². The first-order valence-electron chi connectivity index (χ1n) is 7.96. The van der Waals surface area contributed by atoms with Crippen LogP contribution in [0.15, 0.2) is 24.3 Å². The summed E-state index contributed by atoms with van der Waals surface area (Å²) in [4.78, 5) is 26.0. The molecule has 8 heteroatoms. The van der Waals surface area contributed by atoms with Crippen molar-refractivity contribution in [2.24, 2.45) is 0 Å². The van der Waals surface area contributed by atoms with Crippen LogP contribution in [-0.4, -0.2) is 50.3 Å². The van der Waals surface area contributed by atoms with Gasteiger partial charge in [0.15, 0.2) is 0 Å². The highest BCUT2D eigenvalue weighted by atomic mass is 35.5. The number of carbonyl (C=O) groups excluding carboxylic acids is 2. The van der Waals surface area contributed by atoms with Gasteiger partial charge in [0.05, 0.1) is 12.7 Å². The Morgan fingerprint density at radius 3 is 2.96 bits per heavy atom. The number of carbonyl (C=O) groups is 2. The number of ether oxygens (including phenoxy) is 1. The second kappa shape index (κ2) is 8.32. The fourth-order valence-electron chi connectivity index (χ4n) is 2.87. The number of nitrogens with zero attached hydrogens (tertiary/aromatic N) is 1. The number of hydrogen-bond donors (Lipinski definition) is 3. The number of anilines is 2. The van der Waals surface area contributed by atoms with E-state index in [0.29, 0.717) is 31.9 Å². The van der Waals surface area contributed by atoms with Gasteiger partial charge in [-0.05, 0) is 31.5 Å². The Bertz CT molecular complexity index is 598. The lowest BCUT2D eigenvalue weighted by atomic mass is 10.1. The van der Waals surface area contributed by atoms with Gasteiger partial charge in [0.1, 0.15) is 6.04 Å². The van der Waals surface area contributed by atoms with E-state index >= 15 is 0 Å². The zero-order chi connectivity index (χ0) is 16.2. The summed E-state index contributed by atoms with van der Waals surface area (Å²) >= 11 is 0. The summed E-state index contributed by atoms with van der Waals surface area (Å²) in [6.07, 6.45) is 0.739. The standard InChI is InChI=1S/C16H22N4O3.ClH/c1-11-14(17-7-9-23-11)15(21)19-12-4-2-5-13(10-12)20-8-3-6-18-16(20)22;/h2,4-5,10-11,14,17H,3,6-9H2,1H3,(H,18,22)(H,19,21);1H/t11-,14+;/m1./s1. The molecule has 2 atom stereocenters. The van der Waals surface area contributed by atoms with Crippen molar-refractivity contribution in [2.45, 2.75) is 25.5 Å². The molecule has 3 rings (SSSR count). The third-order valence-electron chi connectivity index (χ3n) is 4.10. The molecule has 0 spiro atoms. The van der Waals surface area contributed by atoms with Gasteiger partial charge in [-0.25, -0.2) is 4.79 Å². The Kier molecular flexibility index (Phi) is 6.42. The minimum Gasteiger partial charge on any atom is -0.375 e. The van der Waals surface area contributed by atoms with E-state index in [2.05, 4.69) is 16.0 Å². The number of morpholine rings is 1. The SMILES string of the molecule is C[C@H]1OCCN[C@@H]1C(=O)Nc1cccc(N2CCCNC2=O)c1.Cl. The van der Waals surface area contributed by atoms with E-state index in [1.807, 2.05) is 31.2 Å². The van der Waals surface area contributed by atoms with Gasteiger partial charge in [-0.15, -0.1) is 12.4 Å². The fraction of sp³-hybridized carbons (Fsp3) is 0.500. The van der Waals surface area contributed by atoms with Crippen LogP contribution in [-0.2, 0) is 9.53 Å². The molecule has 3 N–H and O–H groups in total. The van der Waals surface area contributed by atoms with Gasteiger partial charge >= 0.3 is 6.03 Å². The molecule has 132 valence electrons. The molecule has 0 bridgehead atoms. The van der Waals surface area contributed by atoms with E-state index in [1.165, 1.54) is 0 Å². The molecule has 24 heavy (non-hydrogen) atoms. The van der Waals surface area contributed by atoms with E-state index in [9.17, 15) is 9.59 Å². The second-order valence-electron chi connectivity index (χ2n) is 5.78. The summed E-state index contributed by atoms with van der Waals surface area (Å²) < 4.78 is 5.50. The highest BCUT2D eigenvalue weighted by molar-refractivity contribution is 5.97. The number of halogens is 1. The summed E-state index contributed by atoms with van der Waals surface area (Å²) in [6, 6.07) is 6.86. The van der Waals surface area contributed by atoms with Gasteiger partial charge in [-0.3, -0.25) is 9.69 Å². The van der Waals surface area contributed by atoms with Crippen molar-refractivity contribution < 1.29 is 14.3 Å². The van der Waals surface area contributed by atoms with Crippen LogP contribution in [0.5, 0.6) is 0 Å². The van der Waals surface area contributed by atoms with Crippen molar-refractivity contribution in [3.63, 3.8) is 0 Å². The molecule has 0 radical (unpaired) electrons. The Labute approximate surface area is 147 Å². The lowest BCUT2D eigenvalue weighted by molar-refractivity contribution is -0.123. The second-order valence-corrected chi connectivity index (χ2v) is 5.78. The minimum atomic E-state index is -0.370. The molecule has 2 heterocycles. The molecule has 2 aliphatic rings. The molecule has 1 aromatic carbocycles. The molecule has 2 fully saturated rings. The first-order chi connectivity index (χ1) is 11.1. The van der Waals surface area contributed by atoms with Crippen LogP contribution < -0.4 is 20.9 Å². The Morgan fingerprint density at radius 2 is 2.21 bits per heavy atom. The van der Waals surface area contributed by atoms with Gasteiger partial charge in [-0.1, -0.05) is 6.07 Å². The summed E-state index contributed by atoms with van der Waals surface area (Å²) in [7, 11) is 0. The summed E-state index contributed by atoms with van der Waals surface area (Å²) in [5.41, 5.74) is 1.45. The average Bonchev–Trinajstić information content (AvgIpc) is 2.56. The third-order valence-corrected chi connectivity index (χ3v) is 4.10. The number of rotatable bonds is 3. The molecule has 0 aromatic heterocycles. The average molecular weight is 355 g/mol. The van der Waals surface area contributed by atoms with Crippen molar-refractivity contribution in [1.29, 1.82) is 0 Å². The zero-order valence-electron chi connectivity index (χ0n) is 13.6. The van der Waals surface area contributed by atoms with Crippen molar-refractivity contribution in [3.8, 4) is 0 Å². The third kappa shape index (κ3) is 4.17. The van der Waals surface area contributed by atoms with E-state index in [0.717, 1.165) is 12.1 Å². The lowest BCUT2D eigenvalue weighted by Crippen LogP contribution is -2.53. The van der Waals surface area contributed by atoms with Gasteiger partial charge in [-0.2, -0.15) is 0 Å². The molecule has 0 aliphatic carbocycles. The van der Waals surface area contributed by atoms with Crippen LogP contribution in [0.2, 0.25) is 0 Å². The quantitative estimate of drug-likeness (QED) is 0.765. The number of hydrogen-bond acceptors (Lipinski definition) is 4. The zero-order valence-corrected chi connectivity index (χ0v) is 14.4. The maximum Gasteiger partial charge on any atom is 0.321 e. The fourth-order valence-corrected chi connectivity index (χ4v) is 2.87. The van der Waals surface area contributed by atoms with Crippen LogP contribution in [0, 0.1) is 0 Å².